The van der Waals surface area contributed by atoms with E-state index in [-0.39, 0.29) is 17.5 Å². The molecule has 1 aromatic heterocycles. The summed E-state index contributed by atoms with van der Waals surface area (Å²) in [7, 11) is 0. The molecule has 2 N–H and O–H groups in total. The van der Waals surface area contributed by atoms with Crippen LogP contribution in [0.1, 0.15) is 19.5 Å². The van der Waals surface area contributed by atoms with Gasteiger partial charge in [0.2, 0.25) is 0 Å². The summed E-state index contributed by atoms with van der Waals surface area (Å²) in [6, 6.07) is 2.99. The van der Waals surface area contributed by atoms with Crippen molar-refractivity contribution in [1.82, 2.24) is 4.98 Å². The predicted molar refractivity (Wildman–Crippen MR) is 67.7 cm³/mol. The molecule has 104 valence electrons. The summed E-state index contributed by atoms with van der Waals surface area (Å²) in [6.45, 7) is 2.82. The fourth-order valence-corrected chi connectivity index (χ4v) is 1.39. The fourth-order valence-electron chi connectivity index (χ4n) is 1.39. The highest BCUT2D eigenvalue weighted by molar-refractivity contribution is 6.20. The Balaban J connectivity index is 2.83. The van der Waals surface area contributed by atoms with Gasteiger partial charge in [0.15, 0.2) is 5.78 Å². The number of carbonyl (C=O) groups excluding carboxylic acids is 1. The predicted octanol–water partition coefficient (Wildman–Crippen LogP) is 2.25. The first kappa shape index (κ1) is 15.1. The SMILES string of the molecule is CC(C)C(=O)C(=CN)c1ccc(OCC(F)F)cn1. The minimum Gasteiger partial charge on any atom is -0.486 e. The van der Waals surface area contributed by atoms with Crippen LogP contribution in [0.5, 0.6) is 5.75 Å². The number of rotatable bonds is 6. The maximum absolute atomic E-state index is 12.0. The first-order valence-electron chi connectivity index (χ1n) is 5.79. The number of hydrogen-bond donors (Lipinski definition) is 1. The van der Waals surface area contributed by atoms with Gasteiger partial charge in [-0.05, 0) is 12.1 Å². The number of allylic oxidation sites excluding steroid dienone is 1. The van der Waals surface area contributed by atoms with E-state index in [0.717, 1.165) is 0 Å². The van der Waals surface area contributed by atoms with Gasteiger partial charge in [-0.15, -0.1) is 0 Å². The van der Waals surface area contributed by atoms with Crippen molar-refractivity contribution in [1.29, 1.82) is 0 Å². The summed E-state index contributed by atoms with van der Waals surface area (Å²) in [5, 5.41) is 0. The van der Waals surface area contributed by atoms with Crippen molar-refractivity contribution in [3.8, 4) is 5.75 Å². The van der Waals surface area contributed by atoms with Gasteiger partial charge in [0, 0.05) is 12.1 Å². The van der Waals surface area contributed by atoms with Crippen LogP contribution in [-0.2, 0) is 4.79 Å². The standard InChI is InChI=1S/C13H16F2N2O2/c1-8(2)13(18)10(5-16)11-4-3-9(6-17-11)19-7-12(14)15/h3-6,8,12H,7,16H2,1-2H3. The number of alkyl halides is 2. The van der Waals surface area contributed by atoms with Crippen molar-refractivity contribution in [2.24, 2.45) is 11.7 Å². The van der Waals surface area contributed by atoms with Crippen molar-refractivity contribution in [3.63, 3.8) is 0 Å². The molecule has 0 aliphatic carbocycles. The quantitative estimate of drug-likeness (QED) is 0.805. The van der Waals surface area contributed by atoms with E-state index in [1.165, 1.54) is 24.5 Å². The second-order valence-electron chi connectivity index (χ2n) is 4.18. The highest BCUT2D eigenvalue weighted by Crippen LogP contribution is 2.19. The van der Waals surface area contributed by atoms with Gasteiger partial charge in [-0.2, -0.15) is 0 Å². The Kier molecular flexibility index (Phi) is 5.41. The molecule has 0 aromatic carbocycles. The topological polar surface area (TPSA) is 65.2 Å². The van der Waals surface area contributed by atoms with Crippen LogP contribution in [0.2, 0.25) is 0 Å². The summed E-state index contributed by atoms with van der Waals surface area (Å²) in [5.74, 6) is -0.111. The van der Waals surface area contributed by atoms with E-state index in [0.29, 0.717) is 11.3 Å². The lowest BCUT2D eigenvalue weighted by molar-refractivity contribution is -0.116. The summed E-state index contributed by atoms with van der Waals surface area (Å²) in [6.07, 6.45) is -0.0548. The minimum atomic E-state index is -2.54. The second-order valence-corrected chi connectivity index (χ2v) is 4.18. The molecule has 0 bridgehead atoms. The number of hydrogen-bond acceptors (Lipinski definition) is 4. The van der Waals surface area contributed by atoms with Crippen molar-refractivity contribution < 1.29 is 18.3 Å². The Hall–Kier alpha value is -1.98. The molecule has 19 heavy (non-hydrogen) atoms. The molecule has 0 unspecified atom stereocenters. The molecule has 1 aromatic rings. The highest BCUT2D eigenvalue weighted by atomic mass is 19.3. The number of ether oxygens (including phenoxy) is 1. The van der Waals surface area contributed by atoms with Gasteiger partial charge in [0.1, 0.15) is 12.4 Å². The smallest absolute Gasteiger partial charge is 0.272 e. The maximum atomic E-state index is 12.0. The van der Waals surface area contributed by atoms with Gasteiger partial charge in [-0.25, -0.2) is 8.78 Å². The van der Waals surface area contributed by atoms with E-state index >= 15 is 0 Å². The van der Waals surface area contributed by atoms with Crippen LogP contribution in [0.15, 0.2) is 24.5 Å². The zero-order valence-electron chi connectivity index (χ0n) is 10.8. The van der Waals surface area contributed by atoms with Crippen molar-refractivity contribution >= 4 is 11.4 Å². The summed E-state index contributed by atoms with van der Waals surface area (Å²) in [4.78, 5) is 15.8. The molecule has 0 fully saturated rings. The molecular weight excluding hydrogens is 254 g/mol. The molecule has 0 atom stereocenters. The molecule has 6 heteroatoms. The maximum Gasteiger partial charge on any atom is 0.272 e. The van der Waals surface area contributed by atoms with Gasteiger partial charge in [0.05, 0.1) is 17.5 Å². The number of nitrogens with two attached hydrogens (primary N) is 1. The highest BCUT2D eigenvalue weighted by Gasteiger charge is 2.16. The van der Waals surface area contributed by atoms with Crippen LogP contribution in [0.25, 0.3) is 5.57 Å². The third-order valence-corrected chi connectivity index (χ3v) is 2.34. The number of pyridine rings is 1. The average molecular weight is 270 g/mol. The van der Waals surface area contributed by atoms with Gasteiger partial charge in [0.25, 0.3) is 6.43 Å². The minimum absolute atomic E-state index is 0.128. The molecule has 0 radical (unpaired) electrons. The third kappa shape index (κ3) is 4.31. The molecular formula is C13H16F2N2O2. The Labute approximate surface area is 110 Å². The Morgan fingerprint density at radius 3 is 2.58 bits per heavy atom. The second kappa shape index (κ2) is 6.82. The largest absolute Gasteiger partial charge is 0.486 e. The van der Waals surface area contributed by atoms with E-state index in [1.807, 2.05) is 0 Å². The van der Waals surface area contributed by atoms with Crippen molar-refractivity contribution in [2.45, 2.75) is 20.3 Å². The van der Waals surface area contributed by atoms with Crippen molar-refractivity contribution in [2.75, 3.05) is 6.61 Å². The van der Waals surface area contributed by atoms with Gasteiger partial charge in [-0.1, -0.05) is 13.8 Å². The number of carbonyl (C=O) groups is 1. The number of aromatic nitrogens is 1. The first-order valence-corrected chi connectivity index (χ1v) is 5.79. The fraction of sp³-hybridized carbons (Fsp3) is 0.385. The molecule has 0 saturated carbocycles. The van der Waals surface area contributed by atoms with Crippen LogP contribution in [0.4, 0.5) is 8.78 Å². The zero-order chi connectivity index (χ0) is 14.4. The van der Waals surface area contributed by atoms with Crippen LogP contribution in [0, 0.1) is 5.92 Å². The lowest BCUT2D eigenvalue weighted by atomic mass is 9.99. The average Bonchev–Trinajstić information content (AvgIpc) is 2.38. The van der Waals surface area contributed by atoms with E-state index in [9.17, 15) is 13.6 Å². The monoisotopic (exact) mass is 270 g/mol. The van der Waals surface area contributed by atoms with Gasteiger partial charge < -0.3 is 10.5 Å². The van der Waals surface area contributed by atoms with E-state index in [4.69, 9.17) is 10.5 Å². The number of ketones is 1. The normalized spacial score (nSPS) is 12.0. The molecule has 4 nitrogen and oxygen atoms in total. The molecule has 0 amide bonds. The van der Waals surface area contributed by atoms with Gasteiger partial charge in [-0.3, -0.25) is 9.78 Å². The molecule has 1 heterocycles. The van der Waals surface area contributed by atoms with Gasteiger partial charge >= 0.3 is 0 Å². The molecule has 0 saturated heterocycles. The number of halogens is 2. The molecule has 0 spiro atoms. The lowest BCUT2D eigenvalue weighted by Gasteiger charge is -2.09. The molecule has 0 aliphatic heterocycles. The number of nitrogens with zero attached hydrogens (tertiary/aromatic N) is 1. The summed E-state index contributed by atoms with van der Waals surface area (Å²) in [5.41, 5.74) is 6.12. The van der Waals surface area contributed by atoms with E-state index in [2.05, 4.69) is 4.98 Å². The molecule has 0 aliphatic rings. The first-order chi connectivity index (χ1) is 8.95. The molecule has 1 rings (SSSR count). The van der Waals surface area contributed by atoms with E-state index < -0.39 is 13.0 Å². The summed E-state index contributed by atoms with van der Waals surface area (Å²) < 4.78 is 28.7. The zero-order valence-corrected chi connectivity index (χ0v) is 10.8. The Morgan fingerprint density at radius 2 is 2.16 bits per heavy atom. The van der Waals surface area contributed by atoms with E-state index in [1.54, 1.807) is 13.8 Å². The Bertz CT molecular complexity index is 456. The third-order valence-electron chi connectivity index (χ3n) is 2.34. The van der Waals surface area contributed by atoms with Crippen LogP contribution < -0.4 is 10.5 Å². The van der Waals surface area contributed by atoms with Crippen LogP contribution in [0.3, 0.4) is 0 Å². The van der Waals surface area contributed by atoms with Crippen LogP contribution >= 0.6 is 0 Å². The van der Waals surface area contributed by atoms with Crippen molar-refractivity contribution in [3.05, 3.63) is 30.2 Å². The number of Topliss-reactive ketones (excluding diaryl/α,β-unsaturated/α-hetero) is 1. The van der Waals surface area contributed by atoms with Crippen LogP contribution in [-0.4, -0.2) is 23.8 Å². The Morgan fingerprint density at radius 1 is 1.47 bits per heavy atom. The lowest BCUT2D eigenvalue weighted by Crippen LogP contribution is -2.12. The summed E-state index contributed by atoms with van der Waals surface area (Å²) >= 11 is 0.